The molecule has 0 saturated carbocycles. The Labute approximate surface area is 82.1 Å². The lowest BCUT2D eigenvalue weighted by atomic mass is 10.1. The third-order valence-corrected chi connectivity index (χ3v) is 3.72. The Morgan fingerprint density at radius 2 is 2.00 bits per heavy atom. The fourth-order valence-corrected chi connectivity index (χ4v) is 1.59. The molecule has 0 aliphatic rings. The molecule has 0 spiro atoms. The maximum atomic E-state index is 10.5. The summed E-state index contributed by atoms with van der Waals surface area (Å²) in [5, 5.41) is 0. The minimum absolute atomic E-state index is 0.722. The van der Waals surface area contributed by atoms with Crippen LogP contribution in [0, 0.1) is 6.92 Å². The number of rotatable bonds is 1. The van der Waals surface area contributed by atoms with Gasteiger partial charge in [0.2, 0.25) is 0 Å². The van der Waals surface area contributed by atoms with E-state index in [0.29, 0.717) is 0 Å². The topological polar surface area (TPSA) is 17.1 Å². The number of hydrogen-bond acceptors (Lipinski definition) is 1. The molecule has 1 aromatic carbocycles. The number of carbonyl (C=O) groups excluding carboxylic acids is 1. The van der Waals surface area contributed by atoms with Gasteiger partial charge in [-0.25, -0.2) is 0 Å². The molecule has 0 amide bonds. The van der Waals surface area contributed by atoms with Crippen molar-refractivity contribution in [1.29, 1.82) is 0 Å². The second-order valence-electron chi connectivity index (χ2n) is 2.19. The SMILES string of the molecule is Cc1c(C=O)ccc(Br)c1Br. The van der Waals surface area contributed by atoms with Crippen LogP contribution >= 0.6 is 31.9 Å². The minimum Gasteiger partial charge on any atom is -0.298 e. The Balaban J connectivity index is 3.36. The van der Waals surface area contributed by atoms with E-state index in [2.05, 4.69) is 31.9 Å². The molecule has 0 atom stereocenters. The van der Waals surface area contributed by atoms with Crippen LogP contribution in [0.5, 0.6) is 0 Å². The molecule has 3 heteroatoms. The lowest BCUT2D eigenvalue weighted by Gasteiger charge is -2.02. The van der Waals surface area contributed by atoms with Crippen LogP contribution in [0.4, 0.5) is 0 Å². The fourth-order valence-electron chi connectivity index (χ4n) is 0.795. The molecule has 1 nitrogen and oxygen atoms in total. The number of carbonyl (C=O) groups is 1. The van der Waals surface area contributed by atoms with Crippen molar-refractivity contribution in [3.05, 3.63) is 32.2 Å². The predicted molar refractivity (Wildman–Crippen MR) is 52.0 cm³/mol. The van der Waals surface area contributed by atoms with Crippen LogP contribution < -0.4 is 0 Å². The van der Waals surface area contributed by atoms with Crippen LogP contribution in [0.1, 0.15) is 15.9 Å². The minimum atomic E-state index is 0.722. The van der Waals surface area contributed by atoms with Crippen LogP contribution in [-0.4, -0.2) is 6.29 Å². The van der Waals surface area contributed by atoms with Crippen molar-refractivity contribution in [3.63, 3.8) is 0 Å². The van der Waals surface area contributed by atoms with E-state index in [9.17, 15) is 4.79 Å². The quantitative estimate of drug-likeness (QED) is 0.720. The highest BCUT2D eigenvalue weighted by Gasteiger charge is 2.03. The largest absolute Gasteiger partial charge is 0.298 e. The van der Waals surface area contributed by atoms with Crippen LogP contribution in [0.2, 0.25) is 0 Å². The lowest BCUT2D eigenvalue weighted by Crippen LogP contribution is -1.87. The van der Waals surface area contributed by atoms with Gasteiger partial charge in [0, 0.05) is 14.5 Å². The summed E-state index contributed by atoms with van der Waals surface area (Å²) in [6.07, 6.45) is 0.854. The van der Waals surface area contributed by atoms with Gasteiger partial charge in [-0.2, -0.15) is 0 Å². The van der Waals surface area contributed by atoms with Crippen molar-refractivity contribution < 1.29 is 4.79 Å². The number of hydrogen-bond donors (Lipinski definition) is 0. The molecule has 1 rings (SSSR count). The van der Waals surface area contributed by atoms with Gasteiger partial charge in [0.25, 0.3) is 0 Å². The summed E-state index contributed by atoms with van der Waals surface area (Å²) in [4.78, 5) is 10.5. The average Bonchev–Trinajstić information content (AvgIpc) is 2.01. The van der Waals surface area contributed by atoms with E-state index in [1.165, 1.54) is 0 Å². The molecule has 0 aromatic heterocycles. The monoisotopic (exact) mass is 276 g/mol. The maximum Gasteiger partial charge on any atom is 0.150 e. The molecule has 0 unspecified atom stereocenters. The van der Waals surface area contributed by atoms with Gasteiger partial charge in [-0.05, 0) is 50.4 Å². The van der Waals surface area contributed by atoms with Crippen molar-refractivity contribution in [2.24, 2.45) is 0 Å². The molecule has 1 aromatic rings. The first-order valence-corrected chi connectivity index (χ1v) is 4.65. The third kappa shape index (κ3) is 1.71. The highest BCUT2D eigenvalue weighted by molar-refractivity contribution is 9.13. The van der Waals surface area contributed by atoms with E-state index in [0.717, 1.165) is 26.4 Å². The zero-order chi connectivity index (χ0) is 8.43. The van der Waals surface area contributed by atoms with Gasteiger partial charge in [-0.3, -0.25) is 4.79 Å². The van der Waals surface area contributed by atoms with Gasteiger partial charge in [-0.1, -0.05) is 6.07 Å². The molecule has 0 aliphatic heterocycles. The van der Waals surface area contributed by atoms with E-state index in [1.54, 1.807) is 6.07 Å². The Hall–Kier alpha value is -0.150. The van der Waals surface area contributed by atoms with Crippen LogP contribution in [0.3, 0.4) is 0 Å². The number of aldehydes is 1. The molecule has 0 heterocycles. The summed E-state index contributed by atoms with van der Waals surface area (Å²) >= 11 is 6.71. The first-order valence-electron chi connectivity index (χ1n) is 3.06. The second kappa shape index (κ2) is 3.50. The van der Waals surface area contributed by atoms with Crippen molar-refractivity contribution in [1.82, 2.24) is 0 Å². The molecule has 11 heavy (non-hydrogen) atoms. The average molecular weight is 278 g/mol. The van der Waals surface area contributed by atoms with Crippen LogP contribution in [0.25, 0.3) is 0 Å². The summed E-state index contributed by atoms with van der Waals surface area (Å²) in [5.74, 6) is 0. The van der Waals surface area contributed by atoms with E-state index in [4.69, 9.17) is 0 Å². The van der Waals surface area contributed by atoms with Crippen LogP contribution in [-0.2, 0) is 0 Å². The standard InChI is InChI=1S/C8H6Br2O/c1-5-6(4-11)2-3-7(9)8(5)10/h2-4H,1H3. The Morgan fingerprint density at radius 3 is 2.55 bits per heavy atom. The highest BCUT2D eigenvalue weighted by atomic mass is 79.9. The first kappa shape index (κ1) is 8.94. The van der Waals surface area contributed by atoms with Crippen molar-refractivity contribution >= 4 is 38.1 Å². The molecule has 58 valence electrons. The summed E-state index contributed by atoms with van der Waals surface area (Å²) in [6.45, 7) is 1.90. The maximum absolute atomic E-state index is 10.5. The molecule has 0 saturated heterocycles. The summed E-state index contributed by atoms with van der Waals surface area (Å²) < 4.78 is 1.92. The zero-order valence-electron chi connectivity index (χ0n) is 5.90. The molecule has 0 fully saturated rings. The summed E-state index contributed by atoms with van der Waals surface area (Å²) in [7, 11) is 0. The van der Waals surface area contributed by atoms with E-state index in [-0.39, 0.29) is 0 Å². The fraction of sp³-hybridized carbons (Fsp3) is 0.125. The molecule has 0 bridgehead atoms. The van der Waals surface area contributed by atoms with Crippen molar-refractivity contribution in [2.45, 2.75) is 6.92 Å². The Kier molecular flexibility index (Phi) is 2.84. The highest BCUT2D eigenvalue weighted by Crippen LogP contribution is 2.27. The van der Waals surface area contributed by atoms with Gasteiger partial charge in [0.15, 0.2) is 0 Å². The van der Waals surface area contributed by atoms with E-state index >= 15 is 0 Å². The van der Waals surface area contributed by atoms with Crippen LogP contribution in [0.15, 0.2) is 21.1 Å². The smallest absolute Gasteiger partial charge is 0.150 e. The number of halogens is 2. The molecular formula is C8H6Br2O. The van der Waals surface area contributed by atoms with E-state index < -0.39 is 0 Å². The second-order valence-corrected chi connectivity index (χ2v) is 3.84. The van der Waals surface area contributed by atoms with Gasteiger partial charge >= 0.3 is 0 Å². The zero-order valence-corrected chi connectivity index (χ0v) is 9.07. The summed E-state index contributed by atoms with van der Waals surface area (Å²) in [6, 6.07) is 3.64. The Morgan fingerprint density at radius 1 is 1.36 bits per heavy atom. The van der Waals surface area contributed by atoms with Crippen molar-refractivity contribution in [2.75, 3.05) is 0 Å². The van der Waals surface area contributed by atoms with Gasteiger partial charge in [0.05, 0.1) is 0 Å². The molecule has 0 aliphatic carbocycles. The predicted octanol–water partition coefficient (Wildman–Crippen LogP) is 3.33. The van der Waals surface area contributed by atoms with Gasteiger partial charge < -0.3 is 0 Å². The van der Waals surface area contributed by atoms with E-state index in [1.807, 2.05) is 13.0 Å². The third-order valence-electron chi connectivity index (χ3n) is 1.51. The molecule has 0 N–H and O–H groups in total. The van der Waals surface area contributed by atoms with Crippen molar-refractivity contribution in [3.8, 4) is 0 Å². The normalized spacial score (nSPS) is 9.73. The number of benzene rings is 1. The first-order chi connectivity index (χ1) is 5.16. The molecule has 0 radical (unpaired) electrons. The Bertz CT molecular complexity index is 294. The molecular weight excluding hydrogens is 272 g/mol. The summed E-state index contributed by atoms with van der Waals surface area (Å²) in [5.41, 5.74) is 1.69. The lowest BCUT2D eigenvalue weighted by molar-refractivity contribution is 0.112. The van der Waals surface area contributed by atoms with Gasteiger partial charge in [0.1, 0.15) is 6.29 Å². The van der Waals surface area contributed by atoms with Gasteiger partial charge in [-0.15, -0.1) is 0 Å².